The van der Waals surface area contributed by atoms with Gasteiger partial charge in [-0.05, 0) is 49.9 Å². The molecular formula is C20H25F5N2O. The first kappa shape index (κ1) is 22.2. The molecule has 2 aromatic rings. The van der Waals surface area contributed by atoms with Crippen LogP contribution in [0.5, 0.6) is 5.75 Å². The van der Waals surface area contributed by atoms with Crippen molar-refractivity contribution in [2.24, 2.45) is 5.41 Å². The second kappa shape index (κ2) is 8.09. The summed E-state index contributed by atoms with van der Waals surface area (Å²) in [5.41, 5.74) is 0.983. The van der Waals surface area contributed by atoms with Gasteiger partial charge in [0.25, 0.3) is 0 Å². The lowest BCUT2D eigenvalue weighted by atomic mass is 9.84. The maximum absolute atomic E-state index is 13.2. The summed E-state index contributed by atoms with van der Waals surface area (Å²) in [5, 5.41) is 4.48. The van der Waals surface area contributed by atoms with Gasteiger partial charge in [-0.25, -0.2) is 0 Å². The maximum Gasteiger partial charge on any atom is 0.394 e. The van der Waals surface area contributed by atoms with E-state index in [9.17, 15) is 22.0 Å². The maximum atomic E-state index is 13.2. The molecule has 0 N–H and O–H groups in total. The van der Waals surface area contributed by atoms with Crippen LogP contribution in [0.15, 0.2) is 18.2 Å². The van der Waals surface area contributed by atoms with E-state index in [1.807, 2.05) is 20.8 Å². The Morgan fingerprint density at radius 1 is 1.14 bits per heavy atom. The lowest BCUT2D eigenvalue weighted by Gasteiger charge is -2.28. The summed E-state index contributed by atoms with van der Waals surface area (Å²) in [6.45, 7) is 5.26. The minimum absolute atomic E-state index is 0.147. The second-order valence-electron chi connectivity index (χ2n) is 7.36. The lowest BCUT2D eigenvalue weighted by Crippen LogP contribution is -2.34. The summed E-state index contributed by atoms with van der Waals surface area (Å²) in [5.74, 6) is -0.147. The van der Waals surface area contributed by atoms with E-state index in [2.05, 4.69) is 9.84 Å². The Morgan fingerprint density at radius 2 is 1.79 bits per heavy atom. The molecule has 8 heteroatoms. The van der Waals surface area contributed by atoms with Crippen molar-refractivity contribution in [1.29, 1.82) is 0 Å². The molecule has 0 bridgehead atoms. The fraction of sp³-hybridized carbons (Fsp3) is 0.550. The van der Waals surface area contributed by atoms with Crippen molar-refractivity contribution in [1.82, 2.24) is 9.78 Å². The molecule has 3 nitrogen and oxygen atoms in total. The lowest BCUT2D eigenvalue weighted by molar-refractivity contribution is -0.211. The zero-order valence-corrected chi connectivity index (χ0v) is 16.6. The van der Waals surface area contributed by atoms with Gasteiger partial charge >= 0.3 is 12.8 Å². The molecule has 0 amide bonds. The quantitative estimate of drug-likeness (QED) is 0.516. The van der Waals surface area contributed by atoms with E-state index in [0.717, 1.165) is 25.1 Å². The Hall–Kier alpha value is -2.12. The number of aromatic nitrogens is 2. The van der Waals surface area contributed by atoms with Crippen LogP contribution in [-0.2, 0) is 19.4 Å². The van der Waals surface area contributed by atoms with E-state index < -0.39 is 18.2 Å². The SMILES string of the molecule is CCc1nn(CC)c(-c2ccc(CC(C)(C)C(F)(F)F)cc2OC(F)F)c1C. The number of hydrogen-bond donors (Lipinski definition) is 0. The third-order valence-electron chi connectivity index (χ3n) is 4.85. The van der Waals surface area contributed by atoms with Gasteiger partial charge < -0.3 is 4.74 Å². The number of rotatable bonds is 7. The monoisotopic (exact) mass is 404 g/mol. The standard InChI is InChI=1S/C20H25F5N2O/c1-6-15-12(3)17(27(7-2)26-15)14-9-8-13(10-16(14)28-18(21)22)11-19(4,5)20(23,24)25/h8-10,18H,6-7,11H2,1-5H3. The Balaban J connectivity index is 2.57. The van der Waals surface area contributed by atoms with Gasteiger partial charge in [-0.3, -0.25) is 4.68 Å². The van der Waals surface area contributed by atoms with E-state index in [0.29, 0.717) is 24.2 Å². The highest BCUT2D eigenvalue weighted by Gasteiger charge is 2.47. The first-order chi connectivity index (χ1) is 12.9. The molecule has 0 unspecified atom stereocenters. The zero-order chi connectivity index (χ0) is 21.3. The number of ether oxygens (including phenoxy) is 1. The van der Waals surface area contributed by atoms with Gasteiger partial charge in [-0.1, -0.05) is 26.8 Å². The third-order valence-corrected chi connectivity index (χ3v) is 4.85. The van der Waals surface area contributed by atoms with Crippen molar-refractivity contribution in [3.05, 3.63) is 35.0 Å². The van der Waals surface area contributed by atoms with Gasteiger partial charge in [0.05, 0.1) is 16.8 Å². The molecule has 0 spiro atoms. The van der Waals surface area contributed by atoms with Crippen LogP contribution in [0.1, 0.15) is 44.5 Å². The van der Waals surface area contributed by atoms with Crippen LogP contribution < -0.4 is 4.74 Å². The van der Waals surface area contributed by atoms with Crippen molar-refractivity contribution in [2.45, 2.75) is 66.8 Å². The average Bonchev–Trinajstić information content (AvgIpc) is 2.89. The summed E-state index contributed by atoms with van der Waals surface area (Å²) in [4.78, 5) is 0. The van der Waals surface area contributed by atoms with Gasteiger partial charge in [0, 0.05) is 12.1 Å². The summed E-state index contributed by atoms with van der Waals surface area (Å²) in [6.07, 6.45) is -4.08. The van der Waals surface area contributed by atoms with Gasteiger partial charge in [0.1, 0.15) is 5.75 Å². The molecule has 156 valence electrons. The predicted molar refractivity (Wildman–Crippen MR) is 97.6 cm³/mol. The molecule has 0 aliphatic rings. The molecule has 28 heavy (non-hydrogen) atoms. The number of benzene rings is 1. The van der Waals surface area contributed by atoms with Crippen LogP contribution in [0.3, 0.4) is 0 Å². The molecule has 2 rings (SSSR count). The van der Waals surface area contributed by atoms with Gasteiger partial charge in [-0.15, -0.1) is 0 Å². The van der Waals surface area contributed by atoms with Crippen LogP contribution in [0.25, 0.3) is 11.3 Å². The van der Waals surface area contributed by atoms with Crippen LogP contribution in [0, 0.1) is 12.3 Å². The van der Waals surface area contributed by atoms with E-state index >= 15 is 0 Å². The molecule has 1 aromatic carbocycles. The fourth-order valence-electron chi connectivity index (χ4n) is 3.18. The minimum atomic E-state index is -4.41. The molecule has 1 heterocycles. The highest BCUT2D eigenvalue weighted by Crippen LogP contribution is 2.42. The first-order valence-corrected chi connectivity index (χ1v) is 9.12. The summed E-state index contributed by atoms with van der Waals surface area (Å²) in [6, 6.07) is 4.33. The van der Waals surface area contributed by atoms with Crippen LogP contribution in [-0.4, -0.2) is 22.6 Å². The number of halogens is 5. The highest BCUT2D eigenvalue weighted by atomic mass is 19.4. The molecule has 0 saturated heterocycles. The van der Waals surface area contributed by atoms with E-state index in [4.69, 9.17) is 0 Å². The Kier molecular flexibility index (Phi) is 6.41. The van der Waals surface area contributed by atoms with Crippen molar-refractivity contribution in [3.63, 3.8) is 0 Å². The van der Waals surface area contributed by atoms with Crippen molar-refractivity contribution < 1.29 is 26.7 Å². The molecule has 0 saturated carbocycles. The Bertz CT molecular complexity index is 825. The van der Waals surface area contributed by atoms with Crippen molar-refractivity contribution >= 4 is 0 Å². The summed E-state index contributed by atoms with van der Waals surface area (Å²) in [7, 11) is 0. The van der Waals surface area contributed by atoms with E-state index in [-0.39, 0.29) is 17.7 Å². The number of alkyl halides is 5. The highest BCUT2D eigenvalue weighted by molar-refractivity contribution is 5.71. The zero-order valence-electron chi connectivity index (χ0n) is 16.6. The van der Waals surface area contributed by atoms with Crippen LogP contribution in [0.4, 0.5) is 22.0 Å². The third kappa shape index (κ3) is 4.47. The largest absolute Gasteiger partial charge is 0.434 e. The average molecular weight is 404 g/mol. The summed E-state index contributed by atoms with van der Waals surface area (Å²) >= 11 is 0. The van der Waals surface area contributed by atoms with Gasteiger partial charge in [0.15, 0.2) is 0 Å². The molecule has 0 radical (unpaired) electrons. The number of aryl methyl sites for hydroxylation is 2. The van der Waals surface area contributed by atoms with Gasteiger partial charge in [0.2, 0.25) is 0 Å². The molecule has 0 aliphatic carbocycles. The fourth-order valence-corrected chi connectivity index (χ4v) is 3.18. The van der Waals surface area contributed by atoms with E-state index in [1.165, 1.54) is 18.2 Å². The van der Waals surface area contributed by atoms with Crippen LogP contribution >= 0.6 is 0 Å². The smallest absolute Gasteiger partial charge is 0.394 e. The number of hydrogen-bond acceptors (Lipinski definition) is 2. The minimum Gasteiger partial charge on any atom is -0.434 e. The van der Waals surface area contributed by atoms with Crippen LogP contribution in [0.2, 0.25) is 0 Å². The van der Waals surface area contributed by atoms with Crippen molar-refractivity contribution in [3.8, 4) is 17.0 Å². The topological polar surface area (TPSA) is 27.1 Å². The number of nitrogens with zero attached hydrogens (tertiary/aromatic N) is 2. The molecular weight excluding hydrogens is 379 g/mol. The second-order valence-corrected chi connectivity index (χ2v) is 7.36. The normalized spacial score (nSPS) is 12.7. The van der Waals surface area contributed by atoms with Gasteiger partial charge in [-0.2, -0.15) is 27.1 Å². The Labute approximate surface area is 161 Å². The Morgan fingerprint density at radius 3 is 2.29 bits per heavy atom. The molecule has 0 atom stereocenters. The van der Waals surface area contributed by atoms with Crippen molar-refractivity contribution in [2.75, 3.05) is 0 Å². The molecule has 1 aromatic heterocycles. The molecule has 0 fully saturated rings. The molecule has 0 aliphatic heterocycles. The van der Waals surface area contributed by atoms with E-state index in [1.54, 1.807) is 4.68 Å². The summed E-state index contributed by atoms with van der Waals surface area (Å²) < 4.78 is 72.0. The predicted octanol–water partition coefficient (Wildman–Crippen LogP) is 6.17. The first-order valence-electron chi connectivity index (χ1n) is 9.12.